The molecule has 5 heteroatoms. The summed E-state index contributed by atoms with van der Waals surface area (Å²) >= 11 is 7.04. The first-order valence-electron chi connectivity index (χ1n) is 6.52. The van der Waals surface area contributed by atoms with Crippen LogP contribution in [-0.2, 0) is 6.42 Å². The molecule has 1 unspecified atom stereocenters. The van der Waals surface area contributed by atoms with Crippen LogP contribution in [0, 0.1) is 5.82 Å². The summed E-state index contributed by atoms with van der Waals surface area (Å²) in [4.78, 5) is 2.49. The molecule has 108 valence electrons. The fourth-order valence-corrected chi connectivity index (χ4v) is 4.40. The molecule has 0 saturated carbocycles. The van der Waals surface area contributed by atoms with E-state index < -0.39 is 0 Å². The van der Waals surface area contributed by atoms with Crippen molar-refractivity contribution >= 4 is 39.0 Å². The van der Waals surface area contributed by atoms with E-state index in [1.807, 2.05) is 12.1 Å². The van der Waals surface area contributed by atoms with E-state index in [9.17, 15) is 4.39 Å². The molecule has 0 fully saturated rings. The quantitative estimate of drug-likeness (QED) is 0.688. The van der Waals surface area contributed by atoms with Gasteiger partial charge in [-0.15, -0.1) is 23.1 Å². The maximum atomic E-state index is 12.9. The van der Waals surface area contributed by atoms with Crippen LogP contribution in [0.3, 0.4) is 0 Å². The average molecular weight is 374 g/mol. The van der Waals surface area contributed by atoms with Crippen LogP contribution in [0.5, 0.6) is 0 Å². The normalized spacial score (nSPS) is 12.6. The van der Waals surface area contributed by atoms with Crippen LogP contribution in [-0.4, -0.2) is 18.3 Å². The van der Waals surface area contributed by atoms with Crippen LogP contribution in [0.1, 0.15) is 11.8 Å². The van der Waals surface area contributed by atoms with Gasteiger partial charge in [-0.2, -0.15) is 0 Å². The second-order valence-electron chi connectivity index (χ2n) is 4.45. The Labute approximate surface area is 136 Å². The number of nitrogens with one attached hydrogen (secondary N) is 1. The van der Waals surface area contributed by atoms with Crippen LogP contribution in [0.2, 0.25) is 0 Å². The van der Waals surface area contributed by atoms with Crippen molar-refractivity contribution in [3.8, 4) is 0 Å². The van der Waals surface area contributed by atoms with Gasteiger partial charge in [-0.3, -0.25) is 0 Å². The topological polar surface area (TPSA) is 12.0 Å². The molecule has 0 saturated heterocycles. The molecule has 0 aliphatic rings. The lowest BCUT2D eigenvalue weighted by Crippen LogP contribution is -2.32. The van der Waals surface area contributed by atoms with Crippen molar-refractivity contribution in [2.24, 2.45) is 0 Å². The standard InChI is InChI=1S/C15H17BrFNS2/c1-2-18-13(8-15-7-11(16)9-19-15)10-20-14-5-3-12(17)4-6-14/h3-7,9,13,18H,2,8,10H2,1H3. The van der Waals surface area contributed by atoms with Gasteiger partial charge in [-0.1, -0.05) is 6.92 Å². The molecule has 0 aliphatic carbocycles. The predicted molar refractivity (Wildman–Crippen MR) is 90.3 cm³/mol. The highest BCUT2D eigenvalue weighted by Crippen LogP contribution is 2.24. The molecular formula is C15H17BrFNS2. The Kier molecular flexibility index (Phi) is 6.55. The van der Waals surface area contributed by atoms with Crippen LogP contribution < -0.4 is 5.32 Å². The Morgan fingerprint density at radius 3 is 2.70 bits per heavy atom. The fraction of sp³-hybridized carbons (Fsp3) is 0.333. The van der Waals surface area contributed by atoms with Gasteiger partial charge in [0.15, 0.2) is 0 Å². The Balaban J connectivity index is 1.90. The van der Waals surface area contributed by atoms with Crippen molar-refractivity contribution in [2.45, 2.75) is 24.3 Å². The van der Waals surface area contributed by atoms with Crippen LogP contribution in [0.4, 0.5) is 4.39 Å². The molecule has 0 amide bonds. The zero-order chi connectivity index (χ0) is 14.4. The van der Waals surface area contributed by atoms with Crippen molar-refractivity contribution in [1.82, 2.24) is 5.32 Å². The van der Waals surface area contributed by atoms with E-state index in [2.05, 4.69) is 39.6 Å². The molecular weight excluding hydrogens is 357 g/mol. The third-order valence-corrected chi connectivity index (χ3v) is 5.72. The highest BCUT2D eigenvalue weighted by atomic mass is 79.9. The van der Waals surface area contributed by atoms with Crippen molar-refractivity contribution in [2.75, 3.05) is 12.3 Å². The predicted octanol–water partition coefficient (Wildman–Crippen LogP) is 4.96. The van der Waals surface area contributed by atoms with Gasteiger partial charge < -0.3 is 5.32 Å². The minimum atomic E-state index is -0.180. The molecule has 2 rings (SSSR count). The molecule has 2 aromatic rings. The Hall–Kier alpha value is -0.360. The smallest absolute Gasteiger partial charge is 0.123 e. The Bertz CT molecular complexity index is 527. The molecule has 0 aliphatic heterocycles. The van der Waals surface area contributed by atoms with Crippen LogP contribution >= 0.6 is 39.0 Å². The number of thioether (sulfide) groups is 1. The number of hydrogen-bond acceptors (Lipinski definition) is 3. The highest BCUT2D eigenvalue weighted by Gasteiger charge is 2.10. The van der Waals surface area contributed by atoms with E-state index >= 15 is 0 Å². The van der Waals surface area contributed by atoms with Gasteiger partial charge in [0.25, 0.3) is 0 Å². The summed E-state index contributed by atoms with van der Waals surface area (Å²) in [6.45, 7) is 3.08. The minimum Gasteiger partial charge on any atom is -0.313 e. The summed E-state index contributed by atoms with van der Waals surface area (Å²) in [5.41, 5.74) is 0. The lowest BCUT2D eigenvalue weighted by molar-refractivity contribution is 0.576. The molecule has 1 aromatic heterocycles. The van der Waals surface area contributed by atoms with Crippen LogP contribution in [0.25, 0.3) is 0 Å². The SMILES string of the molecule is CCNC(CSc1ccc(F)cc1)Cc1cc(Br)cs1. The first kappa shape index (κ1) is 16.0. The summed E-state index contributed by atoms with van der Waals surface area (Å²) in [6.07, 6.45) is 1.03. The van der Waals surface area contributed by atoms with Gasteiger partial charge in [-0.05, 0) is 59.2 Å². The largest absolute Gasteiger partial charge is 0.313 e. The molecule has 1 heterocycles. The summed E-state index contributed by atoms with van der Waals surface area (Å²) in [7, 11) is 0. The lowest BCUT2D eigenvalue weighted by atomic mass is 10.2. The van der Waals surface area contributed by atoms with E-state index in [1.54, 1.807) is 23.1 Å². The Morgan fingerprint density at radius 1 is 1.35 bits per heavy atom. The number of benzene rings is 1. The third-order valence-electron chi connectivity index (χ3n) is 2.83. The van der Waals surface area contributed by atoms with Gasteiger partial charge in [0.1, 0.15) is 5.82 Å². The molecule has 1 atom stereocenters. The van der Waals surface area contributed by atoms with Gasteiger partial charge in [-0.25, -0.2) is 4.39 Å². The molecule has 1 aromatic carbocycles. The lowest BCUT2D eigenvalue weighted by Gasteiger charge is -2.16. The molecule has 1 N–H and O–H groups in total. The van der Waals surface area contributed by atoms with Crippen molar-refractivity contribution < 1.29 is 4.39 Å². The van der Waals surface area contributed by atoms with Gasteiger partial charge in [0.2, 0.25) is 0 Å². The maximum Gasteiger partial charge on any atom is 0.123 e. The van der Waals surface area contributed by atoms with E-state index in [-0.39, 0.29) is 5.82 Å². The Morgan fingerprint density at radius 2 is 2.10 bits per heavy atom. The number of likely N-dealkylation sites (N-methyl/N-ethyl adjacent to an activating group) is 1. The van der Waals surface area contributed by atoms with Gasteiger partial charge in [0.05, 0.1) is 0 Å². The second-order valence-corrected chi connectivity index (χ2v) is 7.46. The summed E-state index contributed by atoms with van der Waals surface area (Å²) < 4.78 is 14.0. The molecule has 20 heavy (non-hydrogen) atoms. The summed E-state index contributed by atoms with van der Waals surface area (Å²) in [5, 5.41) is 5.63. The number of rotatable bonds is 7. The number of hydrogen-bond donors (Lipinski definition) is 1. The fourth-order valence-electron chi connectivity index (χ4n) is 1.91. The first-order valence-corrected chi connectivity index (χ1v) is 9.18. The molecule has 0 spiro atoms. The van der Waals surface area contributed by atoms with E-state index in [0.717, 1.165) is 28.1 Å². The first-order chi connectivity index (χ1) is 9.67. The van der Waals surface area contributed by atoms with Crippen molar-refractivity contribution in [3.63, 3.8) is 0 Å². The summed E-state index contributed by atoms with van der Waals surface area (Å²) in [5.74, 6) is 0.802. The summed E-state index contributed by atoms with van der Waals surface area (Å²) in [6, 6.07) is 9.32. The van der Waals surface area contributed by atoms with E-state index in [1.165, 1.54) is 17.0 Å². The van der Waals surface area contributed by atoms with E-state index in [4.69, 9.17) is 0 Å². The van der Waals surface area contributed by atoms with Crippen molar-refractivity contribution in [3.05, 3.63) is 50.9 Å². The van der Waals surface area contributed by atoms with Crippen molar-refractivity contribution in [1.29, 1.82) is 0 Å². The average Bonchev–Trinajstić information content (AvgIpc) is 2.83. The van der Waals surface area contributed by atoms with Crippen LogP contribution in [0.15, 0.2) is 45.1 Å². The maximum absolute atomic E-state index is 12.9. The molecule has 1 nitrogen and oxygen atoms in total. The zero-order valence-electron chi connectivity index (χ0n) is 11.2. The minimum absolute atomic E-state index is 0.180. The molecule has 0 radical (unpaired) electrons. The monoisotopic (exact) mass is 373 g/mol. The third kappa shape index (κ3) is 5.20. The van der Waals surface area contributed by atoms with Gasteiger partial charge >= 0.3 is 0 Å². The molecule has 0 bridgehead atoms. The van der Waals surface area contributed by atoms with E-state index in [0.29, 0.717) is 6.04 Å². The second kappa shape index (κ2) is 8.17. The highest BCUT2D eigenvalue weighted by molar-refractivity contribution is 9.10. The van der Waals surface area contributed by atoms with Gasteiger partial charge in [0, 0.05) is 31.4 Å². The number of halogens is 2. The zero-order valence-corrected chi connectivity index (χ0v) is 14.5. The number of thiophene rings is 1.